The minimum absolute atomic E-state index is 0.0229. The number of pyridine rings is 1. The molecule has 110 valence electrons. The Bertz CT molecular complexity index is 756. The Morgan fingerprint density at radius 1 is 1.24 bits per heavy atom. The van der Waals surface area contributed by atoms with Gasteiger partial charge in [0.25, 0.3) is 10.0 Å². The Balaban J connectivity index is 2.35. The maximum absolute atomic E-state index is 12.2. The third kappa shape index (κ3) is 3.29. The molecule has 0 aliphatic carbocycles. The van der Waals surface area contributed by atoms with Crippen molar-refractivity contribution in [3.63, 3.8) is 0 Å². The number of aromatic nitrogens is 1. The molecule has 0 spiro atoms. The summed E-state index contributed by atoms with van der Waals surface area (Å²) < 4.78 is 31.5. The van der Waals surface area contributed by atoms with Crippen LogP contribution in [0.25, 0.3) is 0 Å². The van der Waals surface area contributed by atoms with Crippen LogP contribution in [-0.4, -0.2) is 31.6 Å². The molecular formula is C13H12N2O5S. The van der Waals surface area contributed by atoms with E-state index < -0.39 is 16.0 Å². The predicted octanol–water partition coefficient (Wildman–Crippen LogP) is 1.59. The first-order valence-electron chi connectivity index (χ1n) is 5.79. The number of nitrogens with one attached hydrogen (secondary N) is 1. The molecule has 0 aliphatic heterocycles. The van der Waals surface area contributed by atoms with Crippen molar-refractivity contribution in [2.24, 2.45) is 0 Å². The summed E-state index contributed by atoms with van der Waals surface area (Å²) in [4.78, 5) is 14.8. The van der Waals surface area contributed by atoms with E-state index in [1.807, 2.05) is 0 Å². The van der Waals surface area contributed by atoms with Crippen molar-refractivity contribution in [3.05, 3.63) is 48.2 Å². The molecule has 2 N–H and O–H groups in total. The van der Waals surface area contributed by atoms with Crippen LogP contribution in [0.3, 0.4) is 0 Å². The number of nitrogens with zero attached hydrogens (tertiary/aromatic N) is 1. The number of carbonyl (C=O) groups is 1. The SMILES string of the molecule is COc1ccc(S(=O)(=O)Nc2ncccc2C(=O)O)cc1. The number of hydrogen-bond donors (Lipinski definition) is 2. The summed E-state index contributed by atoms with van der Waals surface area (Å²) in [6, 6.07) is 8.36. The number of rotatable bonds is 5. The molecule has 7 nitrogen and oxygen atoms in total. The van der Waals surface area contributed by atoms with Crippen LogP contribution in [0.2, 0.25) is 0 Å². The standard InChI is InChI=1S/C13H12N2O5S/c1-20-9-4-6-10(7-5-9)21(18,19)15-12-11(13(16)17)3-2-8-14-12/h2-8H,1H3,(H,14,15)(H,16,17). The van der Waals surface area contributed by atoms with Crippen molar-refractivity contribution in [1.29, 1.82) is 0 Å². The van der Waals surface area contributed by atoms with Crippen LogP contribution >= 0.6 is 0 Å². The number of anilines is 1. The zero-order valence-electron chi connectivity index (χ0n) is 11.0. The highest BCUT2D eigenvalue weighted by Gasteiger charge is 2.19. The maximum Gasteiger partial charge on any atom is 0.339 e. The first kappa shape index (κ1) is 14.8. The number of hydrogen-bond acceptors (Lipinski definition) is 5. The van der Waals surface area contributed by atoms with Crippen molar-refractivity contribution < 1.29 is 23.1 Å². The lowest BCUT2D eigenvalue weighted by molar-refractivity contribution is 0.0697. The number of methoxy groups -OCH3 is 1. The van der Waals surface area contributed by atoms with Crippen LogP contribution < -0.4 is 9.46 Å². The molecule has 21 heavy (non-hydrogen) atoms. The van der Waals surface area contributed by atoms with E-state index in [4.69, 9.17) is 9.84 Å². The summed E-state index contributed by atoms with van der Waals surface area (Å²) >= 11 is 0. The largest absolute Gasteiger partial charge is 0.497 e. The van der Waals surface area contributed by atoms with Crippen LogP contribution in [0.15, 0.2) is 47.5 Å². The second-order valence-corrected chi connectivity index (χ2v) is 5.67. The average molecular weight is 308 g/mol. The molecule has 1 heterocycles. The summed E-state index contributed by atoms with van der Waals surface area (Å²) in [5.41, 5.74) is -0.227. The molecule has 1 aromatic heterocycles. The smallest absolute Gasteiger partial charge is 0.339 e. The van der Waals surface area contributed by atoms with Crippen LogP contribution in [-0.2, 0) is 10.0 Å². The normalized spacial score (nSPS) is 10.9. The van der Waals surface area contributed by atoms with Gasteiger partial charge in [0.15, 0.2) is 5.82 Å². The highest BCUT2D eigenvalue weighted by atomic mass is 32.2. The van der Waals surface area contributed by atoms with Crippen LogP contribution in [0.5, 0.6) is 5.75 Å². The Kier molecular flexibility index (Phi) is 4.08. The zero-order valence-corrected chi connectivity index (χ0v) is 11.8. The molecule has 0 atom stereocenters. The lowest BCUT2D eigenvalue weighted by atomic mass is 10.3. The van der Waals surface area contributed by atoms with Gasteiger partial charge in [0.2, 0.25) is 0 Å². The monoisotopic (exact) mass is 308 g/mol. The van der Waals surface area contributed by atoms with Crippen LogP contribution in [0, 0.1) is 0 Å². The molecule has 0 radical (unpaired) electrons. The molecule has 2 rings (SSSR count). The minimum Gasteiger partial charge on any atom is -0.497 e. The number of sulfonamides is 1. The van der Waals surface area contributed by atoms with Gasteiger partial charge in [-0.25, -0.2) is 18.2 Å². The van der Waals surface area contributed by atoms with Gasteiger partial charge in [0.1, 0.15) is 11.3 Å². The average Bonchev–Trinajstić information content (AvgIpc) is 2.47. The fourth-order valence-electron chi connectivity index (χ4n) is 1.60. The summed E-state index contributed by atoms with van der Waals surface area (Å²) in [6.45, 7) is 0. The van der Waals surface area contributed by atoms with E-state index in [2.05, 4.69) is 9.71 Å². The number of ether oxygens (including phenoxy) is 1. The topological polar surface area (TPSA) is 106 Å². The van der Waals surface area contributed by atoms with E-state index in [1.54, 1.807) is 0 Å². The lowest BCUT2D eigenvalue weighted by Gasteiger charge is -2.09. The highest BCUT2D eigenvalue weighted by molar-refractivity contribution is 7.92. The van der Waals surface area contributed by atoms with Crippen molar-refractivity contribution in [1.82, 2.24) is 4.98 Å². The van der Waals surface area contributed by atoms with Gasteiger partial charge in [-0.05, 0) is 36.4 Å². The molecule has 0 aliphatic rings. The lowest BCUT2D eigenvalue weighted by Crippen LogP contribution is -2.16. The van der Waals surface area contributed by atoms with Gasteiger partial charge in [-0.15, -0.1) is 0 Å². The zero-order chi connectivity index (χ0) is 15.5. The van der Waals surface area contributed by atoms with Gasteiger partial charge in [-0.2, -0.15) is 0 Å². The predicted molar refractivity (Wildman–Crippen MR) is 75.0 cm³/mol. The number of carboxylic acids is 1. The maximum atomic E-state index is 12.2. The van der Waals surface area contributed by atoms with Gasteiger partial charge in [-0.1, -0.05) is 0 Å². The molecule has 0 amide bonds. The summed E-state index contributed by atoms with van der Waals surface area (Å²) in [5.74, 6) is -0.991. The van der Waals surface area contributed by atoms with E-state index in [0.717, 1.165) is 0 Å². The molecule has 0 saturated heterocycles. The molecule has 1 aromatic carbocycles. The third-order valence-electron chi connectivity index (χ3n) is 2.64. The van der Waals surface area contributed by atoms with Crippen molar-refractivity contribution in [3.8, 4) is 5.75 Å². The molecule has 0 saturated carbocycles. The Morgan fingerprint density at radius 2 is 1.90 bits per heavy atom. The molecular weight excluding hydrogens is 296 g/mol. The quantitative estimate of drug-likeness (QED) is 0.869. The molecule has 2 aromatic rings. The Labute approximate surface area is 121 Å². The fourth-order valence-corrected chi connectivity index (χ4v) is 2.63. The van der Waals surface area contributed by atoms with Gasteiger partial charge in [-0.3, -0.25) is 4.72 Å². The van der Waals surface area contributed by atoms with Crippen molar-refractivity contribution in [2.45, 2.75) is 4.90 Å². The first-order chi connectivity index (χ1) is 9.94. The number of benzene rings is 1. The number of carboxylic acid groups (broad SMARTS) is 1. The summed E-state index contributed by atoms with van der Waals surface area (Å²) in [6.07, 6.45) is 1.30. The highest BCUT2D eigenvalue weighted by Crippen LogP contribution is 2.20. The Hall–Kier alpha value is -2.61. The Morgan fingerprint density at radius 3 is 2.48 bits per heavy atom. The van der Waals surface area contributed by atoms with Crippen LogP contribution in [0.1, 0.15) is 10.4 Å². The van der Waals surface area contributed by atoms with E-state index in [9.17, 15) is 13.2 Å². The molecule has 0 fully saturated rings. The minimum atomic E-state index is -3.93. The van der Waals surface area contributed by atoms with Gasteiger partial charge in [0, 0.05) is 6.20 Å². The van der Waals surface area contributed by atoms with Gasteiger partial charge in [0.05, 0.1) is 12.0 Å². The molecule has 0 unspecified atom stereocenters. The van der Waals surface area contributed by atoms with Crippen molar-refractivity contribution in [2.75, 3.05) is 11.8 Å². The second-order valence-electron chi connectivity index (χ2n) is 3.99. The van der Waals surface area contributed by atoms with E-state index in [-0.39, 0.29) is 16.3 Å². The third-order valence-corrected chi connectivity index (χ3v) is 3.99. The fraction of sp³-hybridized carbons (Fsp3) is 0.0769. The summed E-state index contributed by atoms with van der Waals surface area (Å²) in [5, 5.41) is 9.01. The van der Waals surface area contributed by atoms with E-state index in [0.29, 0.717) is 5.75 Å². The van der Waals surface area contributed by atoms with Gasteiger partial charge >= 0.3 is 5.97 Å². The first-order valence-corrected chi connectivity index (χ1v) is 7.27. The molecule has 8 heteroatoms. The number of aromatic carboxylic acids is 1. The van der Waals surface area contributed by atoms with E-state index >= 15 is 0 Å². The van der Waals surface area contributed by atoms with Crippen molar-refractivity contribution >= 4 is 21.8 Å². The van der Waals surface area contributed by atoms with E-state index in [1.165, 1.54) is 49.7 Å². The second kappa shape index (κ2) is 5.80. The van der Waals surface area contributed by atoms with Gasteiger partial charge < -0.3 is 9.84 Å². The molecule has 0 bridgehead atoms. The summed E-state index contributed by atoms with van der Waals surface area (Å²) in [7, 11) is -2.46. The van der Waals surface area contributed by atoms with Crippen LogP contribution in [0.4, 0.5) is 5.82 Å².